The third-order valence-electron chi connectivity index (χ3n) is 4.19. The van der Waals surface area contributed by atoms with Gasteiger partial charge >= 0.3 is 0 Å². The molecule has 0 spiro atoms. The van der Waals surface area contributed by atoms with E-state index in [1.54, 1.807) is 19.1 Å². The maximum atomic E-state index is 13.7. The highest BCUT2D eigenvalue weighted by Crippen LogP contribution is 2.25. The summed E-state index contributed by atoms with van der Waals surface area (Å²) in [4.78, 5) is 24.9. The van der Waals surface area contributed by atoms with E-state index in [1.807, 2.05) is 13.8 Å². The van der Waals surface area contributed by atoms with Crippen molar-refractivity contribution in [3.8, 4) is 11.4 Å². The van der Waals surface area contributed by atoms with Crippen LogP contribution in [0.2, 0.25) is 0 Å². The first-order valence-corrected chi connectivity index (χ1v) is 9.92. The summed E-state index contributed by atoms with van der Waals surface area (Å²) < 4.78 is 19.0. The summed E-state index contributed by atoms with van der Waals surface area (Å²) in [6.07, 6.45) is 1.36. The van der Waals surface area contributed by atoms with Crippen molar-refractivity contribution in [2.75, 3.05) is 5.75 Å². The monoisotopic (exact) mass is 400 g/mol. The summed E-state index contributed by atoms with van der Waals surface area (Å²) in [5.74, 6) is 1.94. The third-order valence-corrected chi connectivity index (χ3v) is 5.25. The molecular formula is C20H21FN4O2S. The van der Waals surface area contributed by atoms with Gasteiger partial charge in [0.25, 0.3) is 0 Å². The lowest BCUT2D eigenvalue weighted by Crippen LogP contribution is -2.06. The van der Waals surface area contributed by atoms with E-state index < -0.39 is 0 Å². The van der Waals surface area contributed by atoms with Crippen LogP contribution in [0.5, 0.6) is 0 Å². The van der Waals surface area contributed by atoms with Crippen molar-refractivity contribution in [3.05, 3.63) is 52.6 Å². The first-order chi connectivity index (χ1) is 13.3. The number of benzene rings is 1. The Hall–Kier alpha value is -2.61. The minimum Gasteiger partial charge on any atom is -0.339 e. The smallest absolute Gasteiger partial charge is 0.226 e. The number of ketones is 1. The Morgan fingerprint density at radius 2 is 1.96 bits per heavy atom. The van der Waals surface area contributed by atoms with Crippen LogP contribution in [0.4, 0.5) is 4.39 Å². The van der Waals surface area contributed by atoms with E-state index in [0.717, 1.165) is 12.2 Å². The predicted molar refractivity (Wildman–Crippen MR) is 105 cm³/mol. The molecule has 0 amide bonds. The standard InChI is InChI=1S/C20H21FN4O2S/c1-11-7-8-15(10-16(11)21)19-24-17(27-25-19)6-5-9-28-20-18(13(3)26)12(2)22-14(4)23-20/h7-8,10H,5-6,9H2,1-4H3. The zero-order valence-electron chi connectivity index (χ0n) is 16.2. The SMILES string of the molecule is CC(=O)c1c(C)nc(C)nc1SCCCc1nc(-c2ccc(C)c(F)c2)no1. The van der Waals surface area contributed by atoms with Crippen molar-refractivity contribution in [3.63, 3.8) is 0 Å². The van der Waals surface area contributed by atoms with Gasteiger partial charge in [-0.15, -0.1) is 11.8 Å². The Morgan fingerprint density at radius 1 is 1.18 bits per heavy atom. The molecule has 0 aliphatic carbocycles. The van der Waals surface area contributed by atoms with Crippen LogP contribution in [-0.4, -0.2) is 31.6 Å². The van der Waals surface area contributed by atoms with Crippen LogP contribution in [0.1, 0.15) is 46.7 Å². The van der Waals surface area contributed by atoms with Crippen LogP contribution in [0.3, 0.4) is 0 Å². The maximum absolute atomic E-state index is 13.7. The molecule has 6 nitrogen and oxygen atoms in total. The van der Waals surface area contributed by atoms with Gasteiger partial charge in [-0.2, -0.15) is 4.98 Å². The van der Waals surface area contributed by atoms with Gasteiger partial charge in [-0.3, -0.25) is 4.79 Å². The predicted octanol–water partition coefficient (Wildman–Crippen LogP) is 4.52. The van der Waals surface area contributed by atoms with Crippen molar-refractivity contribution in [1.29, 1.82) is 0 Å². The average molecular weight is 400 g/mol. The number of halogens is 1. The van der Waals surface area contributed by atoms with E-state index in [1.165, 1.54) is 24.8 Å². The molecule has 0 saturated carbocycles. The minimum absolute atomic E-state index is 0.0353. The van der Waals surface area contributed by atoms with Crippen molar-refractivity contribution >= 4 is 17.5 Å². The maximum Gasteiger partial charge on any atom is 0.226 e. The molecule has 0 unspecified atom stereocenters. The number of thioether (sulfide) groups is 1. The van der Waals surface area contributed by atoms with Gasteiger partial charge in [0.15, 0.2) is 5.78 Å². The first-order valence-electron chi connectivity index (χ1n) is 8.93. The summed E-state index contributed by atoms with van der Waals surface area (Å²) in [6, 6.07) is 4.87. The van der Waals surface area contributed by atoms with E-state index >= 15 is 0 Å². The molecule has 28 heavy (non-hydrogen) atoms. The average Bonchev–Trinajstić information content (AvgIpc) is 3.09. The normalized spacial score (nSPS) is 11.0. The quantitative estimate of drug-likeness (QED) is 0.250. The Kier molecular flexibility index (Phi) is 6.18. The fourth-order valence-electron chi connectivity index (χ4n) is 2.79. The Balaban J connectivity index is 1.60. The van der Waals surface area contributed by atoms with E-state index in [9.17, 15) is 9.18 Å². The lowest BCUT2D eigenvalue weighted by molar-refractivity contribution is 0.101. The van der Waals surface area contributed by atoms with Crippen LogP contribution in [-0.2, 0) is 6.42 Å². The third kappa shape index (κ3) is 4.62. The lowest BCUT2D eigenvalue weighted by atomic mass is 10.1. The van der Waals surface area contributed by atoms with Crippen LogP contribution in [0.25, 0.3) is 11.4 Å². The number of hydrogen-bond donors (Lipinski definition) is 0. The Bertz CT molecular complexity index is 1020. The van der Waals surface area contributed by atoms with Gasteiger partial charge in [0.2, 0.25) is 11.7 Å². The first kappa shape index (κ1) is 20.1. The van der Waals surface area contributed by atoms with E-state index in [-0.39, 0.29) is 11.6 Å². The van der Waals surface area contributed by atoms with Crippen LogP contribution < -0.4 is 0 Å². The molecule has 3 aromatic rings. The minimum atomic E-state index is -0.294. The van der Waals surface area contributed by atoms with Gasteiger partial charge in [0.05, 0.1) is 11.3 Å². The number of aromatic nitrogens is 4. The van der Waals surface area contributed by atoms with E-state index in [4.69, 9.17) is 4.52 Å². The molecule has 0 aliphatic rings. The molecule has 0 aliphatic heterocycles. The second kappa shape index (κ2) is 8.60. The molecule has 2 heterocycles. The molecule has 0 radical (unpaired) electrons. The largest absolute Gasteiger partial charge is 0.339 e. The molecule has 2 aromatic heterocycles. The molecule has 1 aromatic carbocycles. The van der Waals surface area contributed by atoms with Crippen LogP contribution >= 0.6 is 11.8 Å². The highest BCUT2D eigenvalue weighted by atomic mass is 32.2. The molecular weight excluding hydrogens is 379 g/mol. The van der Waals surface area contributed by atoms with Crippen LogP contribution in [0.15, 0.2) is 27.7 Å². The molecule has 0 saturated heterocycles. The number of carbonyl (C=O) groups is 1. The molecule has 0 fully saturated rings. The number of nitrogens with zero attached hydrogens (tertiary/aromatic N) is 4. The van der Waals surface area contributed by atoms with Crippen molar-refractivity contribution in [2.24, 2.45) is 0 Å². The van der Waals surface area contributed by atoms with Gasteiger partial charge in [0, 0.05) is 17.7 Å². The summed E-state index contributed by atoms with van der Waals surface area (Å²) >= 11 is 1.52. The fourth-order valence-corrected chi connectivity index (χ4v) is 3.90. The van der Waals surface area contributed by atoms with Crippen molar-refractivity contribution in [2.45, 2.75) is 45.6 Å². The zero-order chi connectivity index (χ0) is 20.3. The summed E-state index contributed by atoms with van der Waals surface area (Å²) in [5.41, 5.74) is 2.45. The number of aryl methyl sites for hydroxylation is 4. The molecule has 0 atom stereocenters. The van der Waals surface area contributed by atoms with Gasteiger partial charge < -0.3 is 4.52 Å². The Morgan fingerprint density at radius 3 is 2.68 bits per heavy atom. The molecule has 3 rings (SSSR count). The second-order valence-electron chi connectivity index (χ2n) is 6.52. The number of rotatable bonds is 7. The van der Waals surface area contributed by atoms with E-state index in [0.29, 0.717) is 51.4 Å². The van der Waals surface area contributed by atoms with Gasteiger partial charge in [-0.05, 0) is 45.7 Å². The lowest BCUT2D eigenvalue weighted by Gasteiger charge is -2.09. The summed E-state index contributed by atoms with van der Waals surface area (Å²) in [6.45, 7) is 6.87. The molecule has 8 heteroatoms. The van der Waals surface area contributed by atoms with Gasteiger partial charge in [-0.1, -0.05) is 17.3 Å². The van der Waals surface area contributed by atoms with E-state index in [2.05, 4.69) is 20.1 Å². The summed E-state index contributed by atoms with van der Waals surface area (Å²) in [7, 11) is 0. The Labute approximate surface area is 167 Å². The van der Waals surface area contributed by atoms with Crippen molar-refractivity contribution in [1.82, 2.24) is 20.1 Å². The number of hydrogen-bond acceptors (Lipinski definition) is 7. The van der Waals surface area contributed by atoms with Crippen LogP contribution in [0, 0.1) is 26.6 Å². The summed E-state index contributed by atoms with van der Waals surface area (Å²) in [5, 5.41) is 4.64. The topological polar surface area (TPSA) is 81.8 Å². The number of carbonyl (C=O) groups excluding carboxylic acids is 1. The zero-order valence-corrected chi connectivity index (χ0v) is 17.1. The fraction of sp³-hybridized carbons (Fsp3) is 0.350. The highest BCUT2D eigenvalue weighted by Gasteiger charge is 2.15. The molecule has 0 bridgehead atoms. The molecule has 0 N–H and O–H groups in total. The van der Waals surface area contributed by atoms with Crippen molar-refractivity contribution < 1.29 is 13.7 Å². The second-order valence-corrected chi connectivity index (χ2v) is 7.60. The van der Waals surface area contributed by atoms with Gasteiger partial charge in [0.1, 0.15) is 16.7 Å². The molecule has 146 valence electrons. The van der Waals surface area contributed by atoms with Gasteiger partial charge in [-0.25, -0.2) is 14.4 Å². The number of Topliss-reactive ketones (excluding diaryl/α,β-unsaturated/α-hetero) is 1. The highest BCUT2D eigenvalue weighted by molar-refractivity contribution is 7.99.